The normalized spacial score (nSPS) is 11.4. The quantitative estimate of drug-likeness (QED) is 0.318. The van der Waals surface area contributed by atoms with Crippen molar-refractivity contribution in [2.75, 3.05) is 19.6 Å². The van der Waals surface area contributed by atoms with E-state index in [4.69, 9.17) is 11.1 Å². The average molecular weight is 255 g/mol. The van der Waals surface area contributed by atoms with Crippen molar-refractivity contribution in [3.63, 3.8) is 0 Å². The average Bonchev–Trinajstić information content (AvgIpc) is 2.29. The lowest BCUT2D eigenvalue weighted by Crippen LogP contribution is -2.32. The van der Waals surface area contributed by atoms with E-state index in [0.717, 1.165) is 19.6 Å². The van der Waals surface area contributed by atoms with Crippen molar-refractivity contribution in [1.82, 2.24) is 4.90 Å². The van der Waals surface area contributed by atoms with Crippen molar-refractivity contribution in [3.05, 3.63) is 0 Å². The second-order valence-electron chi connectivity index (χ2n) is 5.74. The molecule has 0 unspecified atom stereocenters. The van der Waals surface area contributed by atoms with Crippen molar-refractivity contribution >= 4 is 5.84 Å². The Bertz CT molecular complexity index is 202. The lowest BCUT2D eigenvalue weighted by atomic mass is 10.1. The molecule has 0 heterocycles. The van der Waals surface area contributed by atoms with Crippen LogP contribution >= 0.6 is 0 Å². The van der Waals surface area contributed by atoms with Gasteiger partial charge in [-0.1, -0.05) is 52.9 Å². The zero-order chi connectivity index (χ0) is 13.8. The fraction of sp³-hybridized carbons (Fsp3) is 0.933. The molecule has 0 aliphatic heterocycles. The molecule has 108 valence electrons. The van der Waals surface area contributed by atoms with Crippen LogP contribution < -0.4 is 5.73 Å². The molecule has 0 amide bonds. The van der Waals surface area contributed by atoms with Crippen LogP contribution in [0.1, 0.15) is 65.7 Å². The first-order valence-electron chi connectivity index (χ1n) is 7.61. The van der Waals surface area contributed by atoms with E-state index in [9.17, 15) is 0 Å². The molecule has 0 aromatic carbocycles. The van der Waals surface area contributed by atoms with Gasteiger partial charge in [-0.3, -0.25) is 5.41 Å². The molecule has 3 N–H and O–H groups in total. The summed E-state index contributed by atoms with van der Waals surface area (Å²) in [5, 5.41) is 7.31. The molecule has 0 aromatic heterocycles. The number of nitrogens with one attached hydrogen (secondary N) is 1. The third kappa shape index (κ3) is 11.9. The number of nitrogens with two attached hydrogens (primary N) is 1. The topological polar surface area (TPSA) is 53.1 Å². The fourth-order valence-corrected chi connectivity index (χ4v) is 2.21. The smallest absolute Gasteiger partial charge is 0.0918 e. The minimum Gasteiger partial charge on any atom is -0.388 e. The van der Waals surface area contributed by atoms with Gasteiger partial charge in [-0.05, 0) is 18.9 Å². The molecule has 3 heteroatoms. The van der Waals surface area contributed by atoms with Crippen LogP contribution in [0.3, 0.4) is 0 Å². The first-order chi connectivity index (χ1) is 8.56. The van der Waals surface area contributed by atoms with E-state index in [2.05, 4.69) is 25.7 Å². The van der Waals surface area contributed by atoms with Gasteiger partial charge in [0, 0.05) is 19.5 Å². The molecule has 0 aromatic rings. The lowest BCUT2D eigenvalue weighted by Gasteiger charge is -2.24. The van der Waals surface area contributed by atoms with Crippen molar-refractivity contribution in [2.45, 2.75) is 65.7 Å². The van der Waals surface area contributed by atoms with Crippen molar-refractivity contribution in [2.24, 2.45) is 11.7 Å². The molecule has 18 heavy (non-hydrogen) atoms. The highest BCUT2D eigenvalue weighted by Crippen LogP contribution is 2.07. The summed E-state index contributed by atoms with van der Waals surface area (Å²) in [4.78, 5) is 2.46. The van der Waals surface area contributed by atoms with Gasteiger partial charge in [-0.25, -0.2) is 0 Å². The summed E-state index contributed by atoms with van der Waals surface area (Å²) < 4.78 is 0. The van der Waals surface area contributed by atoms with Gasteiger partial charge < -0.3 is 10.6 Å². The maximum Gasteiger partial charge on any atom is 0.0918 e. The molecule has 0 aliphatic rings. The van der Waals surface area contributed by atoms with Crippen LogP contribution in [0.2, 0.25) is 0 Å². The number of hydrogen-bond donors (Lipinski definition) is 2. The Morgan fingerprint density at radius 2 is 1.67 bits per heavy atom. The Kier molecular flexibility index (Phi) is 11.2. The van der Waals surface area contributed by atoms with Crippen molar-refractivity contribution in [1.29, 1.82) is 5.41 Å². The Morgan fingerprint density at radius 3 is 2.22 bits per heavy atom. The Balaban J connectivity index is 3.68. The highest BCUT2D eigenvalue weighted by Gasteiger charge is 2.07. The number of amidine groups is 1. The Labute approximate surface area is 114 Å². The Hall–Kier alpha value is -0.570. The van der Waals surface area contributed by atoms with Crippen molar-refractivity contribution in [3.8, 4) is 0 Å². The largest absolute Gasteiger partial charge is 0.388 e. The van der Waals surface area contributed by atoms with Gasteiger partial charge in [0.05, 0.1) is 5.84 Å². The summed E-state index contributed by atoms with van der Waals surface area (Å²) in [5.41, 5.74) is 5.44. The highest BCUT2D eigenvalue weighted by molar-refractivity contribution is 5.76. The molecular weight excluding hydrogens is 222 g/mol. The molecule has 0 radical (unpaired) electrons. The third-order valence-corrected chi connectivity index (χ3v) is 3.15. The number of unbranched alkanes of at least 4 members (excludes halogenated alkanes) is 5. The molecule has 0 saturated heterocycles. The highest BCUT2D eigenvalue weighted by atomic mass is 15.1. The monoisotopic (exact) mass is 255 g/mol. The minimum atomic E-state index is 0.312. The van der Waals surface area contributed by atoms with Crippen molar-refractivity contribution < 1.29 is 0 Å². The SMILES string of the molecule is CCCCCCCCN(CCC(=N)N)CC(C)C. The molecule has 3 nitrogen and oxygen atoms in total. The summed E-state index contributed by atoms with van der Waals surface area (Å²) in [7, 11) is 0. The van der Waals surface area contributed by atoms with E-state index in [1.165, 1.54) is 38.5 Å². The zero-order valence-corrected chi connectivity index (χ0v) is 12.7. The van der Waals surface area contributed by atoms with E-state index in [1.54, 1.807) is 0 Å². The summed E-state index contributed by atoms with van der Waals surface area (Å²) in [6.45, 7) is 10.00. The second kappa shape index (κ2) is 11.5. The molecule has 0 bridgehead atoms. The second-order valence-corrected chi connectivity index (χ2v) is 5.74. The number of nitrogens with zero attached hydrogens (tertiary/aromatic N) is 1. The summed E-state index contributed by atoms with van der Waals surface area (Å²) in [5.74, 6) is 1.00. The van der Waals surface area contributed by atoms with E-state index in [-0.39, 0.29) is 0 Å². The summed E-state index contributed by atoms with van der Waals surface area (Å²) in [6.07, 6.45) is 8.79. The van der Waals surface area contributed by atoms with Crippen LogP contribution in [-0.2, 0) is 0 Å². The van der Waals surface area contributed by atoms with Gasteiger partial charge >= 0.3 is 0 Å². The first-order valence-corrected chi connectivity index (χ1v) is 7.61. The van der Waals surface area contributed by atoms with E-state index in [1.807, 2.05) is 0 Å². The lowest BCUT2D eigenvalue weighted by molar-refractivity contribution is 0.244. The minimum absolute atomic E-state index is 0.312. The van der Waals surface area contributed by atoms with Gasteiger partial charge in [-0.15, -0.1) is 0 Å². The molecular formula is C15H33N3. The molecule has 0 atom stereocenters. The van der Waals surface area contributed by atoms with Crippen LogP contribution in [-0.4, -0.2) is 30.4 Å². The molecule has 0 rings (SSSR count). The van der Waals surface area contributed by atoms with E-state index >= 15 is 0 Å². The fourth-order valence-electron chi connectivity index (χ4n) is 2.21. The van der Waals surface area contributed by atoms with Crippen LogP contribution in [0.4, 0.5) is 0 Å². The molecule has 0 fully saturated rings. The third-order valence-electron chi connectivity index (χ3n) is 3.15. The molecule has 0 saturated carbocycles. The van der Waals surface area contributed by atoms with Crippen LogP contribution in [0.15, 0.2) is 0 Å². The van der Waals surface area contributed by atoms with Gasteiger partial charge in [0.25, 0.3) is 0 Å². The zero-order valence-electron chi connectivity index (χ0n) is 12.7. The van der Waals surface area contributed by atoms with E-state index in [0.29, 0.717) is 18.2 Å². The number of rotatable bonds is 12. The number of hydrogen-bond acceptors (Lipinski definition) is 2. The van der Waals surface area contributed by atoms with Gasteiger partial charge in [0.2, 0.25) is 0 Å². The predicted molar refractivity (Wildman–Crippen MR) is 81.2 cm³/mol. The van der Waals surface area contributed by atoms with Gasteiger partial charge in [0.15, 0.2) is 0 Å². The molecule has 0 aliphatic carbocycles. The summed E-state index contributed by atoms with van der Waals surface area (Å²) in [6, 6.07) is 0. The first kappa shape index (κ1) is 17.4. The van der Waals surface area contributed by atoms with Gasteiger partial charge in [0.1, 0.15) is 0 Å². The Morgan fingerprint density at radius 1 is 1.06 bits per heavy atom. The predicted octanol–water partition coefficient (Wildman–Crippen LogP) is 3.63. The van der Waals surface area contributed by atoms with E-state index < -0.39 is 0 Å². The maximum atomic E-state index is 7.31. The standard InChI is InChI=1S/C15H33N3/c1-4-5-6-7-8-9-11-18(13-14(2)3)12-10-15(16)17/h14H,4-13H2,1-3H3,(H3,16,17). The summed E-state index contributed by atoms with van der Waals surface area (Å²) >= 11 is 0. The van der Waals surface area contributed by atoms with Gasteiger partial charge in [-0.2, -0.15) is 0 Å². The van der Waals surface area contributed by atoms with Crippen LogP contribution in [0.25, 0.3) is 0 Å². The maximum absolute atomic E-state index is 7.31. The van der Waals surface area contributed by atoms with Crippen LogP contribution in [0, 0.1) is 11.3 Å². The molecule has 0 spiro atoms. The van der Waals surface area contributed by atoms with Crippen LogP contribution in [0.5, 0.6) is 0 Å².